The first-order valence-corrected chi connectivity index (χ1v) is 4.33. The molecule has 0 amide bonds. The second kappa shape index (κ2) is 4.18. The van der Waals surface area contributed by atoms with Gasteiger partial charge >= 0.3 is 0 Å². The van der Waals surface area contributed by atoms with Crippen molar-refractivity contribution in [2.75, 3.05) is 0 Å². The average molecular weight is 176 g/mol. The molecule has 0 radical (unpaired) electrons. The zero-order valence-electron chi connectivity index (χ0n) is 6.93. The number of aliphatic hydroxyl groups excluding tert-OH is 4. The third-order valence-electron chi connectivity index (χ3n) is 2.38. The fourth-order valence-electron chi connectivity index (χ4n) is 1.47. The van der Waals surface area contributed by atoms with Crippen LogP contribution in [0.25, 0.3) is 0 Å². The SMILES string of the molecule is OC1CCC(O)C(O)C(O)CC1. The van der Waals surface area contributed by atoms with E-state index < -0.39 is 24.4 Å². The van der Waals surface area contributed by atoms with Crippen LogP contribution in [0.15, 0.2) is 0 Å². The Morgan fingerprint density at radius 3 is 1.50 bits per heavy atom. The van der Waals surface area contributed by atoms with E-state index in [0.717, 1.165) is 0 Å². The smallest absolute Gasteiger partial charge is 0.106 e. The van der Waals surface area contributed by atoms with Crippen LogP contribution in [0.5, 0.6) is 0 Å². The monoisotopic (exact) mass is 176 g/mol. The van der Waals surface area contributed by atoms with Crippen LogP contribution >= 0.6 is 0 Å². The van der Waals surface area contributed by atoms with E-state index in [2.05, 4.69) is 0 Å². The minimum atomic E-state index is -1.06. The molecule has 1 fully saturated rings. The van der Waals surface area contributed by atoms with Crippen LogP contribution in [0.1, 0.15) is 25.7 Å². The third-order valence-corrected chi connectivity index (χ3v) is 2.38. The maximum absolute atomic E-state index is 9.26. The first-order chi connectivity index (χ1) is 5.61. The Kier molecular flexibility index (Phi) is 3.46. The lowest BCUT2D eigenvalue weighted by Gasteiger charge is -2.27. The molecule has 1 aliphatic rings. The lowest BCUT2D eigenvalue weighted by Crippen LogP contribution is -2.40. The molecule has 4 nitrogen and oxygen atoms in total. The lowest BCUT2D eigenvalue weighted by atomic mass is 9.92. The van der Waals surface area contributed by atoms with Gasteiger partial charge in [0, 0.05) is 0 Å². The summed E-state index contributed by atoms with van der Waals surface area (Å²) in [6.45, 7) is 0. The Labute approximate surface area is 71.5 Å². The van der Waals surface area contributed by atoms with E-state index in [-0.39, 0.29) is 0 Å². The Morgan fingerprint density at radius 1 is 0.667 bits per heavy atom. The van der Waals surface area contributed by atoms with Gasteiger partial charge in [-0.1, -0.05) is 0 Å². The van der Waals surface area contributed by atoms with Crippen molar-refractivity contribution >= 4 is 0 Å². The molecule has 72 valence electrons. The highest BCUT2D eigenvalue weighted by molar-refractivity contribution is 4.79. The van der Waals surface area contributed by atoms with E-state index in [9.17, 15) is 20.4 Å². The van der Waals surface area contributed by atoms with Crippen molar-refractivity contribution in [2.45, 2.75) is 50.1 Å². The van der Waals surface area contributed by atoms with E-state index in [1.54, 1.807) is 0 Å². The molecule has 0 heterocycles. The summed E-state index contributed by atoms with van der Waals surface area (Å²) < 4.78 is 0. The minimum absolute atomic E-state index is 0.347. The Morgan fingerprint density at radius 2 is 1.08 bits per heavy atom. The molecule has 0 spiro atoms. The summed E-state index contributed by atoms with van der Waals surface area (Å²) in [5.41, 5.74) is 0. The van der Waals surface area contributed by atoms with Crippen LogP contribution in [0.2, 0.25) is 0 Å². The van der Waals surface area contributed by atoms with Crippen molar-refractivity contribution in [3.63, 3.8) is 0 Å². The molecular formula is C8H16O4. The molecule has 1 saturated carbocycles. The zero-order chi connectivity index (χ0) is 9.14. The zero-order valence-corrected chi connectivity index (χ0v) is 6.93. The molecule has 0 aromatic rings. The van der Waals surface area contributed by atoms with E-state index in [4.69, 9.17) is 0 Å². The Bertz CT molecular complexity index is 125. The van der Waals surface area contributed by atoms with Gasteiger partial charge in [0.2, 0.25) is 0 Å². The molecule has 4 N–H and O–H groups in total. The molecule has 2 atom stereocenters. The summed E-state index contributed by atoms with van der Waals surface area (Å²) in [7, 11) is 0. The van der Waals surface area contributed by atoms with Crippen molar-refractivity contribution < 1.29 is 20.4 Å². The predicted octanol–water partition coefficient (Wildman–Crippen LogP) is -0.996. The standard InChI is InChI=1S/C8H16O4/c9-5-1-3-6(10)8(12)7(11)4-2-5/h5-12H,1-4H2. The largest absolute Gasteiger partial charge is 0.393 e. The van der Waals surface area contributed by atoms with Crippen molar-refractivity contribution in [2.24, 2.45) is 0 Å². The quantitative estimate of drug-likeness (QED) is 0.382. The first-order valence-electron chi connectivity index (χ1n) is 4.33. The van der Waals surface area contributed by atoms with Gasteiger partial charge in [0.05, 0.1) is 18.3 Å². The van der Waals surface area contributed by atoms with Gasteiger partial charge in [-0.15, -0.1) is 0 Å². The topological polar surface area (TPSA) is 80.9 Å². The molecule has 0 saturated heterocycles. The fourth-order valence-corrected chi connectivity index (χ4v) is 1.47. The highest BCUT2D eigenvalue weighted by Gasteiger charge is 2.27. The second-order valence-corrected chi connectivity index (χ2v) is 3.43. The van der Waals surface area contributed by atoms with E-state index in [0.29, 0.717) is 25.7 Å². The van der Waals surface area contributed by atoms with Crippen LogP contribution in [0, 0.1) is 0 Å². The summed E-state index contributed by atoms with van der Waals surface area (Å²) in [5.74, 6) is 0. The van der Waals surface area contributed by atoms with Crippen LogP contribution in [-0.4, -0.2) is 44.8 Å². The Hall–Kier alpha value is -0.160. The molecule has 1 rings (SSSR count). The molecular weight excluding hydrogens is 160 g/mol. The van der Waals surface area contributed by atoms with Crippen molar-refractivity contribution in [3.8, 4) is 0 Å². The molecule has 0 aromatic heterocycles. The van der Waals surface area contributed by atoms with Crippen LogP contribution < -0.4 is 0 Å². The minimum Gasteiger partial charge on any atom is -0.393 e. The lowest BCUT2D eigenvalue weighted by molar-refractivity contribution is -0.0797. The van der Waals surface area contributed by atoms with Crippen molar-refractivity contribution in [1.82, 2.24) is 0 Å². The normalized spacial score (nSPS) is 45.0. The predicted molar refractivity (Wildman–Crippen MR) is 42.5 cm³/mol. The van der Waals surface area contributed by atoms with E-state index >= 15 is 0 Å². The maximum Gasteiger partial charge on any atom is 0.106 e. The first kappa shape index (κ1) is 9.92. The molecule has 0 aliphatic heterocycles. The van der Waals surface area contributed by atoms with E-state index in [1.807, 2.05) is 0 Å². The maximum atomic E-state index is 9.26. The van der Waals surface area contributed by atoms with Gasteiger partial charge in [-0.3, -0.25) is 0 Å². The van der Waals surface area contributed by atoms with Gasteiger partial charge in [0.25, 0.3) is 0 Å². The number of aliphatic hydroxyl groups is 4. The van der Waals surface area contributed by atoms with Gasteiger partial charge in [0.15, 0.2) is 0 Å². The van der Waals surface area contributed by atoms with Gasteiger partial charge in [-0.05, 0) is 25.7 Å². The molecule has 12 heavy (non-hydrogen) atoms. The van der Waals surface area contributed by atoms with Gasteiger partial charge in [-0.2, -0.15) is 0 Å². The average Bonchev–Trinajstić information content (AvgIpc) is 2.07. The van der Waals surface area contributed by atoms with Crippen LogP contribution in [0.3, 0.4) is 0 Å². The second-order valence-electron chi connectivity index (χ2n) is 3.43. The van der Waals surface area contributed by atoms with E-state index in [1.165, 1.54) is 0 Å². The highest BCUT2D eigenvalue weighted by Crippen LogP contribution is 2.18. The summed E-state index contributed by atoms with van der Waals surface area (Å²) in [6.07, 6.45) is -1.65. The van der Waals surface area contributed by atoms with Gasteiger partial charge in [-0.25, -0.2) is 0 Å². The summed E-state index contributed by atoms with van der Waals surface area (Å²) >= 11 is 0. The third kappa shape index (κ3) is 2.42. The number of hydrogen-bond donors (Lipinski definition) is 4. The van der Waals surface area contributed by atoms with Crippen LogP contribution in [0.4, 0.5) is 0 Å². The van der Waals surface area contributed by atoms with Crippen molar-refractivity contribution in [3.05, 3.63) is 0 Å². The molecule has 2 unspecified atom stereocenters. The van der Waals surface area contributed by atoms with Crippen molar-refractivity contribution in [1.29, 1.82) is 0 Å². The summed E-state index contributed by atoms with van der Waals surface area (Å²) in [6, 6.07) is 0. The summed E-state index contributed by atoms with van der Waals surface area (Å²) in [5, 5.41) is 37.0. The van der Waals surface area contributed by atoms with Crippen LogP contribution in [-0.2, 0) is 0 Å². The Balaban J connectivity index is 2.48. The molecule has 0 aromatic carbocycles. The fraction of sp³-hybridized carbons (Fsp3) is 1.00. The van der Waals surface area contributed by atoms with Gasteiger partial charge in [0.1, 0.15) is 6.10 Å². The van der Waals surface area contributed by atoms with Gasteiger partial charge < -0.3 is 20.4 Å². The summed E-state index contributed by atoms with van der Waals surface area (Å²) in [4.78, 5) is 0. The molecule has 1 aliphatic carbocycles. The molecule has 0 bridgehead atoms. The highest BCUT2D eigenvalue weighted by atomic mass is 16.4. The number of hydrogen-bond acceptors (Lipinski definition) is 4. The molecule has 4 heteroatoms. The number of rotatable bonds is 0.